The van der Waals surface area contributed by atoms with E-state index in [1.54, 1.807) is 7.11 Å². The summed E-state index contributed by atoms with van der Waals surface area (Å²) in [6.07, 6.45) is 2.85. The molecule has 2 atom stereocenters. The summed E-state index contributed by atoms with van der Waals surface area (Å²) < 4.78 is 5.08. The van der Waals surface area contributed by atoms with Crippen molar-refractivity contribution in [2.24, 2.45) is 11.8 Å². The first-order valence-corrected chi connectivity index (χ1v) is 5.56. The van der Waals surface area contributed by atoms with Crippen LogP contribution in [0.25, 0.3) is 0 Å². The quantitative estimate of drug-likeness (QED) is 0.567. The van der Waals surface area contributed by atoms with Gasteiger partial charge in [0.05, 0.1) is 6.04 Å². The third-order valence-corrected chi connectivity index (χ3v) is 2.82. The molecular formula is C12H21N3O. The van der Waals surface area contributed by atoms with E-state index in [-0.39, 0.29) is 6.04 Å². The van der Waals surface area contributed by atoms with Gasteiger partial charge in [-0.15, -0.1) is 0 Å². The largest absolute Gasteiger partial charge is 0.385 e. The van der Waals surface area contributed by atoms with E-state index in [1.165, 1.54) is 0 Å². The molecule has 1 aromatic heterocycles. The van der Waals surface area contributed by atoms with Gasteiger partial charge in [-0.1, -0.05) is 13.0 Å². The minimum absolute atomic E-state index is 0.128. The lowest BCUT2D eigenvalue weighted by atomic mass is 9.93. The fourth-order valence-corrected chi connectivity index (χ4v) is 1.72. The van der Waals surface area contributed by atoms with E-state index in [1.807, 2.05) is 19.2 Å². The highest BCUT2D eigenvalue weighted by Crippen LogP contribution is 2.23. The molecule has 0 radical (unpaired) electrons. The summed E-state index contributed by atoms with van der Waals surface area (Å²) in [6, 6.07) is 4.20. The number of nitrogens with two attached hydrogens (primary N) is 1. The van der Waals surface area contributed by atoms with Crippen LogP contribution in [0.15, 0.2) is 18.3 Å². The molecule has 0 aliphatic rings. The molecule has 0 saturated carbocycles. The molecule has 0 spiro atoms. The molecule has 4 nitrogen and oxygen atoms in total. The van der Waals surface area contributed by atoms with Crippen molar-refractivity contribution >= 4 is 0 Å². The summed E-state index contributed by atoms with van der Waals surface area (Å²) in [5.41, 5.74) is 4.99. The summed E-state index contributed by atoms with van der Waals surface area (Å²) in [6.45, 7) is 4.88. The van der Waals surface area contributed by atoms with Crippen LogP contribution in [0.3, 0.4) is 0 Å². The topological polar surface area (TPSA) is 60.2 Å². The van der Waals surface area contributed by atoms with Crippen LogP contribution >= 0.6 is 0 Å². The zero-order valence-electron chi connectivity index (χ0n) is 10.2. The average molecular weight is 223 g/mol. The van der Waals surface area contributed by atoms with E-state index < -0.39 is 0 Å². The number of pyridine rings is 1. The standard InChI is InChI=1S/C12H21N3O/c1-9(6-7-16-3)12(15-13)11-5-4-10(2)14-8-11/h4-5,8-9,12,15H,6-7,13H2,1-3H3. The van der Waals surface area contributed by atoms with Crippen LogP contribution in [0.4, 0.5) is 0 Å². The SMILES string of the molecule is COCCC(C)C(NN)c1ccc(C)nc1. The summed E-state index contributed by atoms with van der Waals surface area (Å²) >= 11 is 0. The van der Waals surface area contributed by atoms with Crippen LogP contribution in [-0.2, 0) is 4.74 Å². The summed E-state index contributed by atoms with van der Waals surface area (Å²) in [5, 5.41) is 0. The molecule has 0 bridgehead atoms. The van der Waals surface area contributed by atoms with Crippen LogP contribution in [-0.4, -0.2) is 18.7 Å². The second kappa shape index (κ2) is 6.58. The first-order valence-electron chi connectivity index (χ1n) is 5.56. The van der Waals surface area contributed by atoms with Gasteiger partial charge >= 0.3 is 0 Å². The van der Waals surface area contributed by atoms with Gasteiger partial charge in [0.2, 0.25) is 0 Å². The molecule has 1 rings (SSSR count). The number of nitrogens with zero attached hydrogens (tertiary/aromatic N) is 1. The lowest BCUT2D eigenvalue weighted by Gasteiger charge is -2.23. The van der Waals surface area contributed by atoms with Gasteiger partial charge in [0.1, 0.15) is 0 Å². The fourth-order valence-electron chi connectivity index (χ4n) is 1.72. The third-order valence-electron chi connectivity index (χ3n) is 2.82. The maximum atomic E-state index is 5.60. The Bertz CT molecular complexity index is 300. The number of aryl methyl sites for hydroxylation is 1. The van der Waals surface area contributed by atoms with Gasteiger partial charge in [0, 0.05) is 25.6 Å². The zero-order chi connectivity index (χ0) is 12.0. The van der Waals surface area contributed by atoms with Crippen LogP contribution in [0, 0.1) is 12.8 Å². The van der Waals surface area contributed by atoms with Crippen molar-refractivity contribution in [1.29, 1.82) is 0 Å². The van der Waals surface area contributed by atoms with Crippen molar-refractivity contribution in [3.05, 3.63) is 29.6 Å². The minimum atomic E-state index is 0.128. The number of hydrazine groups is 1. The summed E-state index contributed by atoms with van der Waals surface area (Å²) in [4.78, 5) is 4.28. The Hall–Kier alpha value is -0.970. The maximum absolute atomic E-state index is 5.60. The lowest BCUT2D eigenvalue weighted by Crippen LogP contribution is -2.33. The number of aromatic nitrogens is 1. The molecule has 0 saturated heterocycles. The number of ether oxygens (including phenoxy) is 1. The molecule has 90 valence electrons. The number of nitrogens with one attached hydrogen (secondary N) is 1. The van der Waals surface area contributed by atoms with E-state index in [9.17, 15) is 0 Å². The van der Waals surface area contributed by atoms with Crippen molar-refractivity contribution in [3.8, 4) is 0 Å². The normalized spacial score (nSPS) is 14.8. The lowest BCUT2D eigenvalue weighted by molar-refractivity contribution is 0.170. The number of methoxy groups -OCH3 is 1. The molecule has 3 N–H and O–H groups in total. The first kappa shape index (κ1) is 13.1. The van der Waals surface area contributed by atoms with Crippen molar-refractivity contribution in [1.82, 2.24) is 10.4 Å². The van der Waals surface area contributed by atoms with Gasteiger partial charge in [-0.25, -0.2) is 0 Å². The number of hydrogen-bond acceptors (Lipinski definition) is 4. The van der Waals surface area contributed by atoms with Crippen LogP contribution in [0.1, 0.15) is 30.6 Å². The van der Waals surface area contributed by atoms with Crippen molar-refractivity contribution in [2.75, 3.05) is 13.7 Å². The Morgan fingerprint density at radius 3 is 2.75 bits per heavy atom. The Kier molecular flexibility index (Phi) is 5.38. The Labute approximate surface area is 97.2 Å². The number of hydrogen-bond donors (Lipinski definition) is 2. The van der Waals surface area contributed by atoms with E-state index in [0.717, 1.165) is 24.3 Å². The maximum Gasteiger partial charge on any atom is 0.0501 e. The average Bonchev–Trinajstić information content (AvgIpc) is 2.30. The highest BCUT2D eigenvalue weighted by atomic mass is 16.5. The van der Waals surface area contributed by atoms with Crippen molar-refractivity contribution < 1.29 is 4.74 Å². The molecule has 16 heavy (non-hydrogen) atoms. The zero-order valence-corrected chi connectivity index (χ0v) is 10.2. The monoisotopic (exact) mass is 223 g/mol. The van der Waals surface area contributed by atoms with E-state index in [2.05, 4.69) is 23.4 Å². The van der Waals surface area contributed by atoms with Gasteiger partial charge < -0.3 is 4.74 Å². The first-order chi connectivity index (χ1) is 7.69. The molecule has 2 unspecified atom stereocenters. The van der Waals surface area contributed by atoms with Gasteiger partial charge in [0.15, 0.2) is 0 Å². The second-order valence-corrected chi connectivity index (χ2v) is 4.14. The van der Waals surface area contributed by atoms with Crippen LogP contribution < -0.4 is 11.3 Å². The van der Waals surface area contributed by atoms with Gasteiger partial charge in [-0.3, -0.25) is 16.3 Å². The molecule has 0 aliphatic carbocycles. The number of rotatable bonds is 6. The van der Waals surface area contributed by atoms with Gasteiger partial charge in [-0.2, -0.15) is 0 Å². The van der Waals surface area contributed by atoms with E-state index in [0.29, 0.717) is 5.92 Å². The van der Waals surface area contributed by atoms with E-state index in [4.69, 9.17) is 10.6 Å². The van der Waals surface area contributed by atoms with Crippen molar-refractivity contribution in [2.45, 2.75) is 26.3 Å². The van der Waals surface area contributed by atoms with Crippen LogP contribution in [0.2, 0.25) is 0 Å². The molecular weight excluding hydrogens is 202 g/mol. The highest BCUT2D eigenvalue weighted by molar-refractivity contribution is 5.17. The molecule has 0 amide bonds. The Morgan fingerprint density at radius 1 is 1.50 bits per heavy atom. The highest BCUT2D eigenvalue weighted by Gasteiger charge is 2.17. The van der Waals surface area contributed by atoms with Gasteiger partial charge in [-0.05, 0) is 30.9 Å². The van der Waals surface area contributed by atoms with Crippen molar-refractivity contribution in [3.63, 3.8) is 0 Å². The third kappa shape index (κ3) is 3.56. The molecule has 0 aliphatic heterocycles. The molecule has 1 heterocycles. The summed E-state index contributed by atoms with van der Waals surface area (Å²) in [7, 11) is 1.71. The minimum Gasteiger partial charge on any atom is -0.385 e. The summed E-state index contributed by atoms with van der Waals surface area (Å²) in [5.74, 6) is 6.01. The fraction of sp³-hybridized carbons (Fsp3) is 0.583. The predicted molar refractivity (Wildman–Crippen MR) is 64.7 cm³/mol. The van der Waals surface area contributed by atoms with Crippen LogP contribution in [0.5, 0.6) is 0 Å². The molecule has 0 fully saturated rings. The Morgan fingerprint density at radius 2 is 2.25 bits per heavy atom. The second-order valence-electron chi connectivity index (χ2n) is 4.14. The molecule has 1 aromatic rings. The van der Waals surface area contributed by atoms with Gasteiger partial charge in [0.25, 0.3) is 0 Å². The Balaban J connectivity index is 2.69. The predicted octanol–water partition coefficient (Wildman–Crippen LogP) is 1.57. The molecule has 4 heteroatoms. The smallest absolute Gasteiger partial charge is 0.0501 e. The van der Waals surface area contributed by atoms with E-state index >= 15 is 0 Å². The molecule has 0 aromatic carbocycles.